The average Bonchev–Trinajstić information content (AvgIpc) is 2.71. The first kappa shape index (κ1) is 23.2. The van der Waals surface area contributed by atoms with E-state index in [-0.39, 0.29) is 17.9 Å². The highest BCUT2D eigenvalue weighted by Gasteiger charge is 2.16. The van der Waals surface area contributed by atoms with Crippen molar-refractivity contribution in [1.82, 2.24) is 4.90 Å². The highest BCUT2D eigenvalue weighted by atomic mass is 127. The van der Waals surface area contributed by atoms with E-state index in [9.17, 15) is 20.2 Å². The molecule has 0 fully saturated rings. The Labute approximate surface area is 188 Å². The Bertz CT molecular complexity index is 1030. The van der Waals surface area contributed by atoms with Gasteiger partial charge in [0.1, 0.15) is 18.2 Å². The van der Waals surface area contributed by atoms with Crippen molar-refractivity contribution in [3.05, 3.63) is 66.8 Å². The fraction of sp³-hybridized carbons (Fsp3) is 0.238. The zero-order chi connectivity index (χ0) is 22.3. The van der Waals surface area contributed by atoms with E-state index >= 15 is 0 Å². The van der Waals surface area contributed by atoms with Crippen LogP contribution in [0.2, 0.25) is 0 Å². The second-order valence-corrected chi connectivity index (χ2v) is 7.51. The Kier molecular flexibility index (Phi) is 8.17. The molecule has 30 heavy (non-hydrogen) atoms. The van der Waals surface area contributed by atoms with Crippen molar-refractivity contribution in [2.45, 2.75) is 13.5 Å². The maximum Gasteiger partial charge on any atom is 0.269 e. The third-order valence-corrected chi connectivity index (χ3v) is 4.71. The largest absolute Gasteiger partial charge is 0.490 e. The number of hydrogen-bond donors (Lipinski definition) is 0. The van der Waals surface area contributed by atoms with Crippen LogP contribution in [0.4, 0.5) is 5.69 Å². The van der Waals surface area contributed by atoms with Crippen LogP contribution in [0.25, 0.3) is 6.08 Å². The minimum atomic E-state index is -0.457. The van der Waals surface area contributed by atoms with Crippen LogP contribution in [0.15, 0.2) is 42.0 Å². The Balaban J connectivity index is 2.35. The minimum Gasteiger partial charge on any atom is -0.490 e. The molecular weight excluding hydrogens is 501 g/mol. The van der Waals surface area contributed by atoms with Crippen molar-refractivity contribution >= 4 is 40.3 Å². The molecule has 0 saturated carbocycles. The van der Waals surface area contributed by atoms with Gasteiger partial charge in [-0.05, 0) is 58.9 Å². The number of carbonyl (C=O) groups excluding carboxylic acids is 1. The van der Waals surface area contributed by atoms with Crippen LogP contribution in [-0.2, 0) is 11.4 Å². The summed E-state index contributed by atoms with van der Waals surface area (Å²) in [5, 5.41) is 20.3. The third-order valence-electron chi connectivity index (χ3n) is 3.90. The molecule has 0 aliphatic carbocycles. The number of carbonyl (C=O) groups is 1. The Hall–Kier alpha value is -3.13. The molecule has 156 valence electrons. The number of ether oxygens (including phenoxy) is 2. The van der Waals surface area contributed by atoms with Crippen molar-refractivity contribution in [2.24, 2.45) is 0 Å². The number of rotatable bonds is 8. The van der Waals surface area contributed by atoms with E-state index in [0.29, 0.717) is 32.8 Å². The van der Waals surface area contributed by atoms with E-state index in [0.717, 1.165) is 0 Å². The predicted molar refractivity (Wildman–Crippen MR) is 120 cm³/mol. The molecule has 0 heterocycles. The number of benzene rings is 2. The van der Waals surface area contributed by atoms with Gasteiger partial charge in [-0.2, -0.15) is 5.26 Å². The standard InChI is InChI=1S/C21H20IN3O5/c1-4-29-19-11-15(8-16(12-23)21(26)24(2)3)10-18(22)20(19)30-13-14-6-5-7-17(9-14)25(27)28/h5-11H,4,13H2,1-3H3/b16-8-. The molecule has 0 N–H and O–H groups in total. The monoisotopic (exact) mass is 521 g/mol. The van der Waals surface area contributed by atoms with Crippen molar-refractivity contribution in [3.8, 4) is 17.6 Å². The van der Waals surface area contributed by atoms with Crippen LogP contribution >= 0.6 is 22.6 Å². The van der Waals surface area contributed by atoms with E-state index in [1.54, 1.807) is 38.4 Å². The normalized spacial score (nSPS) is 10.8. The first-order valence-corrected chi connectivity index (χ1v) is 10.0. The molecule has 0 unspecified atom stereocenters. The lowest BCUT2D eigenvalue weighted by Crippen LogP contribution is -2.22. The van der Waals surface area contributed by atoms with Crippen molar-refractivity contribution < 1.29 is 19.2 Å². The number of halogens is 1. The number of hydrogen-bond acceptors (Lipinski definition) is 6. The van der Waals surface area contributed by atoms with Gasteiger partial charge in [-0.3, -0.25) is 14.9 Å². The number of non-ortho nitro benzene ring substituents is 1. The predicted octanol–water partition coefficient (Wildman–Crippen LogP) is 4.17. The first-order chi connectivity index (χ1) is 14.3. The highest BCUT2D eigenvalue weighted by molar-refractivity contribution is 14.1. The molecule has 0 aliphatic rings. The summed E-state index contributed by atoms with van der Waals surface area (Å²) in [6.45, 7) is 2.34. The molecule has 0 spiro atoms. The van der Waals surface area contributed by atoms with Crippen molar-refractivity contribution in [1.29, 1.82) is 5.26 Å². The van der Waals surface area contributed by atoms with Gasteiger partial charge in [0.2, 0.25) is 0 Å². The lowest BCUT2D eigenvalue weighted by Gasteiger charge is -2.15. The second-order valence-electron chi connectivity index (χ2n) is 6.35. The van der Waals surface area contributed by atoms with E-state index in [4.69, 9.17) is 9.47 Å². The molecule has 2 aromatic rings. The topological polar surface area (TPSA) is 106 Å². The molecule has 1 amide bonds. The SMILES string of the molecule is CCOc1cc(/C=C(/C#N)C(=O)N(C)C)cc(I)c1OCc1cccc([N+](=O)[O-])c1. The van der Waals surface area contributed by atoms with Crippen LogP contribution in [-0.4, -0.2) is 36.4 Å². The summed E-state index contributed by atoms with van der Waals surface area (Å²) >= 11 is 2.08. The van der Waals surface area contributed by atoms with E-state index in [1.807, 2.05) is 13.0 Å². The number of nitro benzene ring substituents is 1. The summed E-state index contributed by atoms with van der Waals surface area (Å²) in [6, 6.07) is 11.6. The van der Waals surface area contributed by atoms with Gasteiger partial charge in [-0.1, -0.05) is 12.1 Å². The van der Waals surface area contributed by atoms with Crippen LogP contribution < -0.4 is 9.47 Å². The van der Waals surface area contributed by atoms with E-state index in [2.05, 4.69) is 22.6 Å². The van der Waals surface area contributed by atoms with E-state index < -0.39 is 10.8 Å². The van der Waals surface area contributed by atoms with Gasteiger partial charge in [0, 0.05) is 26.2 Å². The number of amides is 1. The minimum absolute atomic E-state index is 0.00325. The lowest BCUT2D eigenvalue weighted by atomic mass is 10.1. The molecule has 0 radical (unpaired) electrons. The molecule has 9 heteroatoms. The highest BCUT2D eigenvalue weighted by Crippen LogP contribution is 2.35. The average molecular weight is 521 g/mol. The van der Waals surface area contributed by atoms with Gasteiger partial charge in [-0.15, -0.1) is 0 Å². The molecule has 0 saturated heterocycles. The second kappa shape index (κ2) is 10.6. The lowest BCUT2D eigenvalue weighted by molar-refractivity contribution is -0.384. The van der Waals surface area contributed by atoms with Gasteiger partial charge in [0.15, 0.2) is 11.5 Å². The Morgan fingerprint density at radius 1 is 1.30 bits per heavy atom. The van der Waals surface area contributed by atoms with Gasteiger partial charge < -0.3 is 14.4 Å². The summed E-state index contributed by atoms with van der Waals surface area (Å²) in [5.41, 5.74) is 1.27. The van der Waals surface area contributed by atoms with Crippen LogP contribution in [0.1, 0.15) is 18.1 Å². The number of likely N-dealkylation sites (N-methyl/N-ethyl adjacent to an activating group) is 1. The Morgan fingerprint density at radius 2 is 2.03 bits per heavy atom. The molecule has 8 nitrogen and oxygen atoms in total. The fourth-order valence-electron chi connectivity index (χ4n) is 2.54. The third kappa shape index (κ3) is 5.93. The van der Waals surface area contributed by atoms with Gasteiger partial charge >= 0.3 is 0 Å². The first-order valence-electron chi connectivity index (χ1n) is 8.92. The maximum atomic E-state index is 12.1. The number of nitriles is 1. The molecule has 2 rings (SSSR count). The molecule has 0 aromatic heterocycles. The maximum absolute atomic E-state index is 12.1. The van der Waals surface area contributed by atoms with Crippen molar-refractivity contribution in [2.75, 3.05) is 20.7 Å². The summed E-state index contributed by atoms with van der Waals surface area (Å²) in [6.07, 6.45) is 1.50. The smallest absolute Gasteiger partial charge is 0.269 e. The zero-order valence-electron chi connectivity index (χ0n) is 16.7. The summed E-state index contributed by atoms with van der Waals surface area (Å²) in [7, 11) is 3.15. The summed E-state index contributed by atoms with van der Waals surface area (Å²) in [4.78, 5) is 23.9. The number of nitro groups is 1. The van der Waals surface area contributed by atoms with Crippen LogP contribution in [0.5, 0.6) is 11.5 Å². The fourth-order valence-corrected chi connectivity index (χ4v) is 3.32. The van der Waals surface area contributed by atoms with Gasteiger partial charge in [0.05, 0.1) is 15.1 Å². The van der Waals surface area contributed by atoms with Gasteiger partial charge in [-0.25, -0.2) is 0 Å². The Morgan fingerprint density at radius 3 is 2.63 bits per heavy atom. The summed E-state index contributed by atoms with van der Waals surface area (Å²) in [5.74, 6) is 0.547. The van der Waals surface area contributed by atoms with Crippen LogP contribution in [0, 0.1) is 25.0 Å². The summed E-state index contributed by atoms with van der Waals surface area (Å²) < 4.78 is 12.3. The van der Waals surface area contributed by atoms with E-state index in [1.165, 1.54) is 23.1 Å². The van der Waals surface area contributed by atoms with Gasteiger partial charge in [0.25, 0.3) is 11.6 Å². The molecule has 0 aliphatic heterocycles. The zero-order valence-corrected chi connectivity index (χ0v) is 18.9. The quantitative estimate of drug-likeness (QED) is 0.170. The molecular formula is C21H20IN3O5. The van der Waals surface area contributed by atoms with Crippen molar-refractivity contribution in [3.63, 3.8) is 0 Å². The van der Waals surface area contributed by atoms with Crippen LogP contribution in [0.3, 0.4) is 0 Å². The molecule has 2 aromatic carbocycles. The molecule has 0 atom stereocenters. The number of nitrogens with zero attached hydrogens (tertiary/aromatic N) is 3. The molecule has 0 bridgehead atoms.